The minimum Gasteiger partial charge on any atom is -0.382 e. The highest BCUT2D eigenvalue weighted by Crippen LogP contribution is 2.23. The van der Waals surface area contributed by atoms with E-state index in [9.17, 15) is 0 Å². The van der Waals surface area contributed by atoms with E-state index < -0.39 is 0 Å². The van der Waals surface area contributed by atoms with E-state index in [1.165, 1.54) is 0 Å². The van der Waals surface area contributed by atoms with Gasteiger partial charge < -0.3 is 14.2 Å². The fraction of sp³-hybridized carbons (Fsp3) is 0.938. The topological polar surface area (TPSA) is 74.5 Å². The molecule has 0 radical (unpaired) electrons. The van der Waals surface area contributed by atoms with E-state index in [1.807, 2.05) is 4.68 Å². The van der Waals surface area contributed by atoms with Gasteiger partial charge in [-0.05, 0) is 43.0 Å². The lowest BCUT2D eigenvalue weighted by Crippen LogP contribution is -2.53. The molecule has 2 saturated heterocycles. The van der Waals surface area contributed by atoms with Gasteiger partial charge in [0, 0.05) is 40.0 Å². The summed E-state index contributed by atoms with van der Waals surface area (Å²) in [5.41, 5.74) is -0.194. The molecular weight excluding hydrogens is 310 g/mol. The second-order valence-electron chi connectivity index (χ2n) is 7.46. The third-order valence-corrected chi connectivity index (χ3v) is 4.65. The van der Waals surface area contributed by atoms with Crippen molar-refractivity contribution in [3.8, 4) is 0 Å². The highest BCUT2D eigenvalue weighted by Gasteiger charge is 2.34. The second-order valence-corrected chi connectivity index (χ2v) is 7.46. The maximum Gasteiger partial charge on any atom is 0.165 e. The fourth-order valence-corrected chi connectivity index (χ4v) is 3.66. The molecule has 8 nitrogen and oxygen atoms in total. The van der Waals surface area contributed by atoms with Crippen LogP contribution in [0.25, 0.3) is 0 Å². The molecule has 1 atom stereocenters. The van der Waals surface area contributed by atoms with Crippen LogP contribution in [0.5, 0.6) is 0 Å². The maximum absolute atomic E-state index is 6.08. The molecule has 24 heavy (non-hydrogen) atoms. The zero-order chi connectivity index (χ0) is 17.0. The normalized spacial score (nSPS) is 25.9. The quantitative estimate of drug-likeness (QED) is 0.756. The van der Waals surface area contributed by atoms with Crippen molar-refractivity contribution >= 4 is 0 Å². The number of hydrogen-bond acceptors (Lipinski definition) is 7. The van der Waals surface area contributed by atoms with Crippen LogP contribution in [0.1, 0.15) is 32.5 Å². The van der Waals surface area contributed by atoms with Crippen molar-refractivity contribution in [1.29, 1.82) is 0 Å². The minimum absolute atomic E-state index is 0.0820. The molecule has 2 fully saturated rings. The van der Waals surface area contributed by atoms with Gasteiger partial charge in [0.05, 0.1) is 24.9 Å². The first-order valence-corrected chi connectivity index (χ1v) is 8.77. The van der Waals surface area contributed by atoms with Crippen LogP contribution in [-0.4, -0.2) is 76.8 Å². The molecule has 8 heteroatoms. The van der Waals surface area contributed by atoms with E-state index in [4.69, 9.17) is 14.2 Å². The fourth-order valence-electron chi connectivity index (χ4n) is 3.66. The number of methoxy groups -OCH3 is 1. The van der Waals surface area contributed by atoms with Crippen molar-refractivity contribution in [2.75, 3.05) is 40.0 Å². The molecule has 2 aliphatic rings. The molecule has 3 heterocycles. The van der Waals surface area contributed by atoms with Crippen molar-refractivity contribution in [2.24, 2.45) is 5.92 Å². The van der Waals surface area contributed by atoms with Crippen LogP contribution in [0.4, 0.5) is 0 Å². The van der Waals surface area contributed by atoms with Crippen LogP contribution in [0.15, 0.2) is 0 Å². The predicted octanol–water partition coefficient (Wildman–Crippen LogP) is 0.726. The van der Waals surface area contributed by atoms with Gasteiger partial charge in [0.2, 0.25) is 0 Å². The van der Waals surface area contributed by atoms with Gasteiger partial charge in [-0.3, -0.25) is 4.90 Å². The number of morpholine rings is 1. The van der Waals surface area contributed by atoms with Crippen LogP contribution >= 0.6 is 0 Å². The van der Waals surface area contributed by atoms with Crippen LogP contribution in [0.2, 0.25) is 0 Å². The van der Waals surface area contributed by atoms with Crippen LogP contribution < -0.4 is 0 Å². The highest BCUT2D eigenvalue weighted by atomic mass is 16.5. The van der Waals surface area contributed by atoms with Gasteiger partial charge >= 0.3 is 0 Å². The van der Waals surface area contributed by atoms with E-state index in [2.05, 4.69) is 34.3 Å². The van der Waals surface area contributed by atoms with E-state index in [0.717, 1.165) is 58.1 Å². The summed E-state index contributed by atoms with van der Waals surface area (Å²) in [4.78, 5) is 2.36. The smallest absolute Gasteiger partial charge is 0.165 e. The molecule has 3 rings (SSSR count). The molecule has 0 saturated carbocycles. The number of aromatic nitrogens is 4. The average molecular weight is 339 g/mol. The summed E-state index contributed by atoms with van der Waals surface area (Å²) in [6.07, 6.45) is 2.25. The molecule has 2 aliphatic heterocycles. The minimum atomic E-state index is -0.194. The maximum atomic E-state index is 6.08. The van der Waals surface area contributed by atoms with Crippen molar-refractivity contribution in [3.63, 3.8) is 0 Å². The summed E-state index contributed by atoms with van der Waals surface area (Å²) >= 11 is 0. The second kappa shape index (κ2) is 7.86. The number of nitrogens with zero attached hydrogens (tertiary/aromatic N) is 5. The number of hydrogen-bond donors (Lipinski definition) is 0. The van der Waals surface area contributed by atoms with Gasteiger partial charge in [-0.2, -0.15) is 0 Å². The highest BCUT2D eigenvalue weighted by molar-refractivity contribution is 4.89. The van der Waals surface area contributed by atoms with Gasteiger partial charge in [-0.25, -0.2) is 4.68 Å². The molecular formula is C16H29N5O3. The van der Waals surface area contributed by atoms with E-state index in [-0.39, 0.29) is 11.7 Å². The molecule has 0 aliphatic carbocycles. The average Bonchev–Trinajstić information content (AvgIpc) is 2.94. The Kier molecular flexibility index (Phi) is 5.80. The monoisotopic (exact) mass is 339 g/mol. The van der Waals surface area contributed by atoms with Gasteiger partial charge in [-0.15, -0.1) is 5.10 Å². The molecule has 0 bridgehead atoms. The third-order valence-electron chi connectivity index (χ3n) is 4.65. The molecule has 0 unspecified atom stereocenters. The zero-order valence-electron chi connectivity index (χ0n) is 15.0. The Morgan fingerprint density at radius 2 is 2.08 bits per heavy atom. The Hall–Kier alpha value is -1.09. The Labute approximate surface area is 143 Å². The standard InChI is InChI=1S/C16H29N5O3/c1-16(2)12-20(9-14(24-16)11-22-3)10-15-17-18-19-21(15)8-13-4-6-23-7-5-13/h13-14H,4-12H2,1-3H3/t14-/m1/s1. The van der Waals surface area contributed by atoms with Crippen LogP contribution in [-0.2, 0) is 27.3 Å². The van der Waals surface area contributed by atoms with E-state index in [1.54, 1.807) is 7.11 Å². The Morgan fingerprint density at radius 3 is 2.83 bits per heavy atom. The molecule has 1 aromatic rings. The molecule has 136 valence electrons. The Bertz CT molecular complexity index is 516. The summed E-state index contributed by atoms with van der Waals surface area (Å²) < 4.78 is 18.7. The molecule has 1 aromatic heterocycles. The first-order chi connectivity index (χ1) is 11.6. The molecule has 0 N–H and O–H groups in total. The van der Waals surface area contributed by atoms with Gasteiger partial charge in [0.25, 0.3) is 0 Å². The lowest BCUT2D eigenvalue weighted by atomic mass is 10.0. The zero-order valence-corrected chi connectivity index (χ0v) is 15.0. The van der Waals surface area contributed by atoms with Gasteiger partial charge in [0.15, 0.2) is 5.82 Å². The van der Waals surface area contributed by atoms with E-state index in [0.29, 0.717) is 12.5 Å². The van der Waals surface area contributed by atoms with Crippen molar-refractivity contribution in [2.45, 2.75) is 51.5 Å². The van der Waals surface area contributed by atoms with Gasteiger partial charge in [-0.1, -0.05) is 0 Å². The summed E-state index contributed by atoms with van der Waals surface area (Å²) in [7, 11) is 1.71. The number of rotatable bonds is 6. The lowest BCUT2D eigenvalue weighted by molar-refractivity contribution is -0.154. The lowest BCUT2D eigenvalue weighted by Gasteiger charge is -2.42. The summed E-state index contributed by atoms with van der Waals surface area (Å²) in [6, 6.07) is 0. The van der Waals surface area contributed by atoms with Crippen molar-refractivity contribution in [3.05, 3.63) is 5.82 Å². The third kappa shape index (κ3) is 4.72. The first-order valence-electron chi connectivity index (χ1n) is 8.77. The van der Waals surface area contributed by atoms with E-state index >= 15 is 0 Å². The summed E-state index contributed by atoms with van der Waals surface area (Å²) in [6.45, 7) is 9.84. The number of tetrazole rings is 1. The predicted molar refractivity (Wildman–Crippen MR) is 87.5 cm³/mol. The summed E-state index contributed by atoms with van der Waals surface area (Å²) in [5.74, 6) is 1.53. The molecule has 0 amide bonds. The van der Waals surface area contributed by atoms with Gasteiger partial charge in [0.1, 0.15) is 0 Å². The largest absolute Gasteiger partial charge is 0.382 e. The Morgan fingerprint density at radius 1 is 1.29 bits per heavy atom. The summed E-state index contributed by atoms with van der Waals surface area (Å²) in [5, 5.41) is 12.3. The SMILES string of the molecule is COC[C@H]1CN(Cc2nnnn2CC2CCOCC2)CC(C)(C)O1. The molecule has 0 aromatic carbocycles. The van der Waals surface area contributed by atoms with Crippen LogP contribution in [0.3, 0.4) is 0 Å². The van der Waals surface area contributed by atoms with Crippen molar-refractivity contribution in [1.82, 2.24) is 25.1 Å². The first kappa shape index (κ1) is 17.7. The van der Waals surface area contributed by atoms with Crippen molar-refractivity contribution < 1.29 is 14.2 Å². The van der Waals surface area contributed by atoms with Crippen LogP contribution in [0, 0.1) is 5.92 Å². The Balaban J connectivity index is 1.61. The number of ether oxygens (including phenoxy) is 3. The molecule has 0 spiro atoms.